The van der Waals surface area contributed by atoms with Gasteiger partial charge in [0.25, 0.3) is 0 Å². The highest BCUT2D eigenvalue weighted by molar-refractivity contribution is 7.99. The van der Waals surface area contributed by atoms with Gasteiger partial charge in [-0.1, -0.05) is 26.7 Å². The highest BCUT2D eigenvalue weighted by Crippen LogP contribution is 2.40. The number of hydrogen-bond donors (Lipinski definition) is 1. The van der Waals surface area contributed by atoms with E-state index in [0.29, 0.717) is 17.9 Å². The molecule has 0 aromatic carbocycles. The summed E-state index contributed by atoms with van der Waals surface area (Å²) in [7, 11) is 0. The number of thioether (sulfide) groups is 1. The largest absolute Gasteiger partial charge is 0.322 e. The van der Waals surface area contributed by atoms with Crippen LogP contribution in [0.15, 0.2) is 0 Å². The van der Waals surface area contributed by atoms with E-state index in [9.17, 15) is 4.79 Å². The van der Waals surface area contributed by atoms with Crippen molar-refractivity contribution in [1.29, 1.82) is 0 Å². The summed E-state index contributed by atoms with van der Waals surface area (Å²) in [5, 5.41) is 3.76. The van der Waals surface area contributed by atoms with Gasteiger partial charge in [0.1, 0.15) is 0 Å². The normalized spacial score (nSPS) is 30.9. The van der Waals surface area contributed by atoms with Crippen LogP contribution in [-0.4, -0.2) is 40.1 Å². The van der Waals surface area contributed by atoms with Gasteiger partial charge in [-0.15, -0.1) is 0 Å². The van der Waals surface area contributed by atoms with E-state index in [1.165, 1.54) is 37.2 Å². The molecule has 1 atom stereocenters. The van der Waals surface area contributed by atoms with E-state index in [4.69, 9.17) is 0 Å². The van der Waals surface area contributed by atoms with Gasteiger partial charge in [0.2, 0.25) is 5.91 Å². The molecule has 0 bridgehead atoms. The van der Waals surface area contributed by atoms with Crippen molar-refractivity contribution in [2.24, 2.45) is 5.92 Å². The molecule has 0 aromatic heterocycles. The summed E-state index contributed by atoms with van der Waals surface area (Å²) in [5.74, 6) is 3.50. The molecule has 4 heteroatoms. The van der Waals surface area contributed by atoms with Crippen LogP contribution in [0.25, 0.3) is 0 Å². The lowest BCUT2D eigenvalue weighted by molar-refractivity contribution is -0.135. The average Bonchev–Trinajstić information content (AvgIpc) is 2.98. The molecule has 1 N–H and O–H groups in total. The smallest absolute Gasteiger partial charge is 0.244 e. The first-order valence-electron chi connectivity index (χ1n) is 8.30. The van der Waals surface area contributed by atoms with Crippen LogP contribution >= 0.6 is 11.8 Å². The van der Waals surface area contributed by atoms with Gasteiger partial charge >= 0.3 is 0 Å². The minimum absolute atomic E-state index is 0.190. The molecule has 1 spiro atoms. The average molecular weight is 296 g/mol. The SMILES string of the molecule is CC(C)CC1NC2(CCCC2)C(=O)N1C1CCSCC1. The van der Waals surface area contributed by atoms with Crippen LogP contribution in [0.1, 0.15) is 58.8 Å². The van der Waals surface area contributed by atoms with E-state index < -0.39 is 0 Å². The Kier molecular flexibility index (Phi) is 4.32. The number of amides is 1. The Labute approximate surface area is 127 Å². The highest BCUT2D eigenvalue weighted by atomic mass is 32.2. The van der Waals surface area contributed by atoms with Crippen molar-refractivity contribution >= 4 is 17.7 Å². The van der Waals surface area contributed by atoms with Crippen LogP contribution in [0.5, 0.6) is 0 Å². The van der Waals surface area contributed by atoms with E-state index in [-0.39, 0.29) is 11.7 Å². The number of rotatable bonds is 3. The van der Waals surface area contributed by atoms with Gasteiger partial charge < -0.3 is 4.90 Å². The van der Waals surface area contributed by atoms with E-state index in [1.807, 2.05) is 11.8 Å². The van der Waals surface area contributed by atoms with Gasteiger partial charge in [0, 0.05) is 6.04 Å². The molecule has 1 aliphatic carbocycles. The molecule has 114 valence electrons. The van der Waals surface area contributed by atoms with E-state index in [2.05, 4.69) is 24.1 Å². The van der Waals surface area contributed by atoms with Crippen LogP contribution in [0.3, 0.4) is 0 Å². The summed E-state index contributed by atoms with van der Waals surface area (Å²) in [4.78, 5) is 15.3. The molecule has 2 aliphatic heterocycles. The molecule has 1 saturated carbocycles. The van der Waals surface area contributed by atoms with E-state index >= 15 is 0 Å². The zero-order valence-electron chi connectivity index (χ0n) is 12.9. The summed E-state index contributed by atoms with van der Waals surface area (Å²) < 4.78 is 0. The maximum atomic E-state index is 13.1. The first-order valence-corrected chi connectivity index (χ1v) is 9.46. The van der Waals surface area contributed by atoms with Gasteiger partial charge in [-0.2, -0.15) is 11.8 Å². The standard InChI is InChI=1S/C16H28N2OS/c1-12(2)11-14-17-16(7-3-4-8-16)15(19)18(14)13-5-9-20-10-6-13/h12-14,17H,3-11H2,1-2H3. The Morgan fingerprint density at radius 2 is 1.95 bits per heavy atom. The first kappa shape index (κ1) is 14.7. The topological polar surface area (TPSA) is 32.3 Å². The molecule has 2 heterocycles. The second-order valence-electron chi connectivity index (χ2n) is 7.13. The minimum Gasteiger partial charge on any atom is -0.322 e. The predicted octanol–water partition coefficient (Wildman–Crippen LogP) is 3.00. The van der Waals surface area contributed by atoms with Crippen LogP contribution in [0.2, 0.25) is 0 Å². The van der Waals surface area contributed by atoms with Crippen LogP contribution < -0.4 is 5.32 Å². The summed E-state index contributed by atoms with van der Waals surface area (Å²) in [6, 6.07) is 0.486. The van der Waals surface area contributed by atoms with Gasteiger partial charge in [-0.3, -0.25) is 10.1 Å². The lowest BCUT2D eigenvalue weighted by Crippen LogP contribution is -2.47. The highest BCUT2D eigenvalue weighted by Gasteiger charge is 2.53. The Morgan fingerprint density at radius 3 is 2.55 bits per heavy atom. The molecule has 3 aliphatic rings. The fraction of sp³-hybridized carbons (Fsp3) is 0.938. The quantitative estimate of drug-likeness (QED) is 0.869. The molecule has 3 rings (SSSR count). The number of nitrogens with zero attached hydrogens (tertiary/aromatic N) is 1. The van der Waals surface area contributed by atoms with Crippen molar-refractivity contribution in [1.82, 2.24) is 10.2 Å². The monoisotopic (exact) mass is 296 g/mol. The van der Waals surface area contributed by atoms with Crippen LogP contribution in [-0.2, 0) is 4.79 Å². The molecular formula is C16H28N2OS. The first-order chi connectivity index (χ1) is 9.62. The number of carbonyl (C=O) groups is 1. The van der Waals surface area contributed by atoms with Crippen LogP contribution in [0, 0.1) is 5.92 Å². The molecule has 0 radical (unpaired) electrons. The molecule has 0 aromatic rings. The van der Waals surface area contributed by atoms with Gasteiger partial charge in [-0.05, 0) is 49.5 Å². The van der Waals surface area contributed by atoms with Crippen molar-refractivity contribution in [2.75, 3.05) is 11.5 Å². The van der Waals surface area contributed by atoms with Gasteiger partial charge in [0.15, 0.2) is 0 Å². The summed E-state index contributed by atoms with van der Waals surface area (Å²) in [6.07, 6.45) is 8.27. The predicted molar refractivity (Wildman–Crippen MR) is 84.8 cm³/mol. The summed E-state index contributed by atoms with van der Waals surface area (Å²) in [6.45, 7) is 4.53. The molecule has 20 heavy (non-hydrogen) atoms. The maximum Gasteiger partial charge on any atom is 0.244 e. The fourth-order valence-electron chi connectivity index (χ4n) is 4.18. The number of nitrogens with one attached hydrogen (secondary N) is 1. The molecule has 2 saturated heterocycles. The molecule has 1 unspecified atom stereocenters. The molecule has 3 nitrogen and oxygen atoms in total. The third-order valence-corrected chi connectivity index (χ3v) is 6.21. The summed E-state index contributed by atoms with van der Waals surface area (Å²) >= 11 is 2.04. The Hall–Kier alpha value is -0.220. The Balaban J connectivity index is 1.80. The van der Waals surface area contributed by atoms with Crippen molar-refractivity contribution in [3.63, 3.8) is 0 Å². The van der Waals surface area contributed by atoms with Crippen molar-refractivity contribution in [3.05, 3.63) is 0 Å². The van der Waals surface area contributed by atoms with Gasteiger partial charge in [-0.25, -0.2) is 0 Å². The third-order valence-electron chi connectivity index (χ3n) is 5.16. The molecule has 1 amide bonds. The van der Waals surface area contributed by atoms with Crippen molar-refractivity contribution in [3.8, 4) is 0 Å². The Bertz CT molecular complexity index is 359. The number of hydrogen-bond acceptors (Lipinski definition) is 3. The van der Waals surface area contributed by atoms with Crippen LogP contribution in [0.4, 0.5) is 0 Å². The zero-order valence-corrected chi connectivity index (χ0v) is 13.7. The van der Waals surface area contributed by atoms with Gasteiger partial charge in [0.05, 0.1) is 11.7 Å². The van der Waals surface area contributed by atoms with Crippen molar-refractivity contribution in [2.45, 2.75) is 76.5 Å². The molecule has 3 fully saturated rings. The van der Waals surface area contributed by atoms with Crippen molar-refractivity contribution < 1.29 is 4.79 Å². The molecular weight excluding hydrogens is 268 g/mol. The summed E-state index contributed by atoms with van der Waals surface area (Å²) in [5.41, 5.74) is -0.190. The minimum atomic E-state index is -0.190. The second-order valence-corrected chi connectivity index (χ2v) is 8.36. The van der Waals surface area contributed by atoms with E-state index in [1.54, 1.807) is 0 Å². The number of carbonyl (C=O) groups excluding carboxylic acids is 1. The maximum absolute atomic E-state index is 13.1. The van der Waals surface area contributed by atoms with E-state index in [0.717, 1.165) is 19.3 Å². The zero-order chi connectivity index (χ0) is 14.2. The lowest BCUT2D eigenvalue weighted by atomic mass is 9.97. The second kappa shape index (κ2) is 5.88. The lowest BCUT2D eigenvalue weighted by Gasteiger charge is -2.35. The fourth-order valence-corrected chi connectivity index (χ4v) is 5.26. The Morgan fingerprint density at radius 1 is 1.30 bits per heavy atom. The third kappa shape index (κ3) is 2.61.